The summed E-state index contributed by atoms with van der Waals surface area (Å²) in [5, 5.41) is 4.58. The van der Waals surface area contributed by atoms with E-state index >= 15 is 0 Å². The van der Waals surface area contributed by atoms with Crippen LogP contribution in [0.2, 0.25) is 0 Å². The fourth-order valence-electron chi connectivity index (χ4n) is 3.42. The summed E-state index contributed by atoms with van der Waals surface area (Å²) in [6.45, 7) is 2.09. The van der Waals surface area contributed by atoms with Gasteiger partial charge < -0.3 is 10.2 Å². The molecule has 1 atom stereocenters. The Kier molecular flexibility index (Phi) is 7.50. The maximum atomic E-state index is 13.9. The van der Waals surface area contributed by atoms with E-state index in [1.54, 1.807) is 26.1 Å². The lowest BCUT2D eigenvalue weighted by Crippen LogP contribution is -2.40. The molecule has 0 bridgehead atoms. The highest BCUT2D eigenvalue weighted by Gasteiger charge is 2.32. The quantitative estimate of drug-likeness (QED) is 0.445. The Morgan fingerprint density at radius 2 is 2.00 bits per heavy atom. The van der Waals surface area contributed by atoms with Gasteiger partial charge in [0.1, 0.15) is 17.6 Å². The molecule has 4 nitrogen and oxygen atoms in total. The molecule has 0 saturated carbocycles. The summed E-state index contributed by atoms with van der Waals surface area (Å²) in [4.78, 5) is 19.0. The Hall–Kier alpha value is -2.94. The number of likely N-dealkylation sites (N-methyl/N-ethyl adjacent to an activating group) is 1. The number of nitrogens with one attached hydrogen (secondary N) is 1. The number of carbonyl (C=O) groups excluding carboxylic acids is 1. The standard InChI is InChI=1S/C23H23F4N3OS/c1-15-13-17(8-9-18(15)24)30(21(22(31)28-2)19-6-4-12-32-19)11-3-5-16-7-10-20(29-14-16)23(25,26)27/h4,6-10,12-14,21H,3,5,11H2,1-2H3,(H,28,31). The van der Waals surface area contributed by atoms with Crippen molar-refractivity contribution < 1.29 is 22.4 Å². The summed E-state index contributed by atoms with van der Waals surface area (Å²) in [6, 6.07) is 10.2. The Labute approximate surface area is 187 Å². The molecule has 2 aromatic heterocycles. The summed E-state index contributed by atoms with van der Waals surface area (Å²) < 4.78 is 52.0. The molecule has 0 aliphatic carbocycles. The van der Waals surface area contributed by atoms with Gasteiger partial charge >= 0.3 is 6.18 Å². The first-order valence-corrected chi connectivity index (χ1v) is 10.9. The maximum Gasteiger partial charge on any atom is 0.433 e. The second-order valence-corrected chi connectivity index (χ2v) is 8.29. The van der Waals surface area contributed by atoms with E-state index in [1.807, 2.05) is 22.4 Å². The van der Waals surface area contributed by atoms with Gasteiger partial charge in [0.2, 0.25) is 5.91 Å². The normalized spacial score (nSPS) is 12.4. The van der Waals surface area contributed by atoms with Gasteiger partial charge in [0, 0.05) is 30.4 Å². The molecule has 0 radical (unpaired) electrons. The summed E-state index contributed by atoms with van der Waals surface area (Å²) in [6.07, 6.45) is -2.21. The van der Waals surface area contributed by atoms with E-state index in [1.165, 1.54) is 29.7 Å². The highest BCUT2D eigenvalue weighted by molar-refractivity contribution is 7.10. The van der Waals surface area contributed by atoms with Crippen LogP contribution in [0.5, 0.6) is 0 Å². The van der Waals surface area contributed by atoms with Crippen LogP contribution in [0, 0.1) is 12.7 Å². The third-order valence-electron chi connectivity index (χ3n) is 5.07. The number of anilines is 1. The van der Waals surface area contributed by atoms with E-state index in [2.05, 4.69) is 10.3 Å². The van der Waals surface area contributed by atoms with Crippen LogP contribution >= 0.6 is 11.3 Å². The highest BCUT2D eigenvalue weighted by Crippen LogP contribution is 2.32. The van der Waals surface area contributed by atoms with Gasteiger partial charge in [-0.1, -0.05) is 12.1 Å². The fraction of sp³-hybridized carbons (Fsp3) is 0.304. The third kappa shape index (κ3) is 5.64. The van der Waals surface area contributed by atoms with E-state index in [9.17, 15) is 22.4 Å². The largest absolute Gasteiger partial charge is 0.433 e. The molecule has 0 saturated heterocycles. The lowest BCUT2D eigenvalue weighted by atomic mass is 10.1. The van der Waals surface area contributed by atoms with Crippen LogP contribution in [0.4, 0.5) is 23.2 Å². The first kappa shape index (κ1) is 23.7. The molecule has 1 aromatic carbocycles. The second-order valence-electron chi connectivity index (χ2n) is 7.31. The average molecular weight is 466 g/mol. The number of thiophene rings is 1. The predicted molar refractivity (Wildman–Crippen MR) is 117 cm³/mol. The van der Waals surface area contributed by atoms with Gasteiger partial charge in [-0.2, -0.15) is 13.2 Å². The summed E-state index contributed by atoms with van der Waals surface area (Å²) in [5.74, 6) is -0.539. The fourth-order valence-corrected chi connectivity index (χ4v) is 4.25. The molecular weight excluding hydrogens is 442 g/mol. The van der Waals surface area contributed by atoms with Gasteiger partial charge in [0.25, 0.3) is 0 Å². The van der Waals surface area contributed by atoms with E-state index in [-0.39, 0.29) is 11.7 Å². The summed E-state index contributed by atoms with van der Waals surface area (Å²) in [5.41, 5.74) is 0.889. The molecule has 170 valence electrons. The van der Waals surface area contributed by atoms with Crippen molar-refractivity contribution in [3.8, 4) is 0 Å². The van der Waals surface area contributed by atoms with E-state index in [0.29, 0.717) is 36.2 Å². The number of aromatic nitrogens is 1. The molecule has 2 heterocycles. The van der Waals surface area contributed by atoms with Crippen molar-refractivity contribution in [3.63, 3.8) is 0 Å². The third-order valence-corrected chi connectivity index (χ3v) is 6.00. The number of rotatable bonds is 8. The minimum Gasteiger partial charge on any atom is -0.357 e. The number of hydrogen-bond acceptors (Lipinski definition) is 4. The number of aryl methyl sites for hydroxylation is 2. The number of carbonyl (C=O) groups is 1. The van der Waals surface area contributed by atoms with Crippen molar-refractivity contribution in [1.82, 2.24) is 10.3 Å². The molecule has 1 unspecified atom stereocenters. The lowest BCUT2D eigenvalue weighted by Gasteiger charge is -2.32. The molecule has 1 N–H and O–H groups in total. The topological polar surface area (TPSA) is 45.2 Å². The monoisotopic (exact) mass is 465 g/mol. The van der Waals surface area contributed by atoms with Crippen LogP contribution < -0.4 is 10.2 Å². The molecule has 3 rings (SSSR count). The zero-order chi connectivity index (χ0) is 23.3. The lowest BCUT2D eigenvalue weighted by molar-refractivity contribution is -0.141. The molecular formula is C23H23F4N3OS. The van der Waals surface area contributed by atoms with Crippen molar-refractivity contribution in [2.75, 3.05) is 18.5 Å². The zero-order valence-corrected chi connectivity index (χ0v) is 18.4. The SMILES string of the molecule is CNC(=O)C(c1cccs1)N(CCCc1ccc(C(F)(F)F)nc1)c1ccc(F)c(C)c1. The molecule has 1 amide bonds. The molecule has 0 aliphatic heterocycles. The molecule has 3 aromatic rings. The number of amides is 1. The minimum absolute atomic E-state index is 0.203. The smallest absolute Gasteiger partial charge is 0.357 e. The first-order chi connectivity index (χ1) is 15.2. The number of nitrogens with zero attached hydrogens (tertiary/aromatic N) is 2. The van der Waals surface area contributed by atoms with Gasteiger partial charge in [0.05, 0.1) is 0 Å². The van der Waals surface area contributed by atoms with Crippen molar-refractivity contribution in [2.45, 2.75) is 32.0 Å². The van der Waals surface area contributed by atoms with Crippen LogP contribution in [0.3, 0.4) is 0 Å². The number of alkyl halides is 3. The van der Waals surface area contributed by atoms with Gasteiger partial charge in [-0.15, -0.1) is 11.3 Å². The van der Waals surface area contributed by atoms with Crippen molar-refractivity contribution in [1.29, 1.82) is 0 Å². The van der Waals surface area contributed by atoms with E-state index in [0.717, 1.165) is 10.9 Å². The van der Waals surface area contributed by atoms with Crippen LogP contribution in [0.1, 0.15) is 34.2 Å². The van der Waals surface area contributed by atoms with Gasteiger partial charge in [-0.25, -0.2) is 4.39 Å². The van der Waals surface area contributed by atoms with Crippen LogP contribution in [0.25, 0.3) is 0 Å². The highest BCUT2D eigenvalue weighted by atomic mass is 32.1. The number of pyridine rings is 1. The zero-order valence-electron chi connectivity index (χ0n) is 17.6. The molecule has 0 aliphatic rings. The second kappa shape index (κ2) is 10.1. The molecule has 0 fully saturated rings. The van der Waals surface area contributed by atoms with Crippen LogP contribution in [-0.2, 0) is 17.4 Å². The Morgan fingerprint density at radius 3 is 2.56 bits per heavy atom. The summed E-state index contributed by atoms with van der Waals surface area (Å²) >= 11 is 1.45. The number of benzene rings is 1. The first-order valence-electron chi connectivity index (χ1n) is 10.0. The van der Waals surface area contributed by atoms with Crippen molar-refractivity contribution in [2.24, 2.45) is 0 Å². The van der Waals surface area contributed by atoms with Gasteiger partial charge in [-0.05, 0) is 66.6 Å². The van der Waals surface area contributed by atoms with Gasteiger partial charge in [0.15, 0.2) is 0 Å². The Morgan fingerprint density at radius 1 is 1.22 bits per heavy atom. The number of halogens is 4. The average Bonchev–Trinajstić information content (AvgIpc) is 3.29. The molecule has 0 spiro atoms. The van der Waals surface area contributed by atoms with E-state index < -0.39 is 17.9 Å². The van der Waals surface area contributed by atoms with E-state index in [4.69, 9.17) is 0 Å². The Bertz CT molecular complexity index is 1040. The molecule has 32 heavy (non-hydrogen) atoms. The van der Waals surface area contributed by atoms with Gasteiger partial charge in [-0.3, -0.25) is 9.78 Å². The number of hydrogen-bond donors (Lipinski definition) is 1. The summed E-state index contributed by atoms with van der Waals surface area (Å²) in [7, 11) is 1.56. The molecule has 9 heteroatoms. The van der Waals surface area contributed by atoms with Crippen LogP contribution in [0.15, 0.2) is 54.0 Å². The van der Waals surface area contributed by atoms with Crippen LogP contribution in [-0.4, -0.2) is 24.5 Å². The minimum atomic E-state index is -4.47. The van der Waals surface area contributed by atoms with Crippen molar-refractivity contribution >= 4 is 22.9 Å². The maximum absolute atomic E-state index is 13.9. The Balaban J connectivity index is 1.84. The predicted octanol–water partition coefficient (Wildman–Crippen LogP) is 5.54. The van der Waals surface area contributed by atoms with Crippen molar-refractivity contribution in [3.05, 3.63) is 81.6 Å².